The Balaban J connectivity index is 4.68. The predicted molar refractivity (Wildman–Crippen MR) is 66.2 cm³/mol. The molecule has 0 nitrogen and oxygen atoms in total. The molecule has 0 saturated heterocycles. The highest BCUT2D eigenvalue weighted by Crippen LogP contribution is 2.21. The molecule has 0 aliphatic rings. The van der Waals surface area contributed by atoms with Gasteiger partial charge in [0, 0.05) is 0 Å². The highest BCUT2D eigenvalue weighted by molar-refractivity contribution is 5.36. The molecule has 0 fully saturated rings. The van der Waals surface area contributed by atoms with Gasteiger partial charge >= 0.3 is 0 Å². The average molecular weight is 191 g/mol. The van der Waals surface area contributed by atoms with Gasteiger partial charge in [0.05, 0.1) is 0 Å². The minimum Gasteiger partial charge on any atom is -0.331 e. The van der Waals surface area contributed by atoms with Crippen molar-refractivity contribution < 1.29 is 0 Å². The Morgan fingerprint density at radius 2 is 1.79 bits per heavy atom. The second kappa shape index (κ2) is 6.64. The Bertz CT molecular complexity index is 247. The van der Waals surface area contributed by atoms with E-state index in [1.54, 1.807) is 0 Å². The molecule has 0 rings (SSSR count). The van der Waals surface area contributed by atoms with Crippen molar-refractivity contribution in [2.75, 3.05) is 0 Å². The molecule has 0 atom stereocenters. The Morgan fingerprint density at radius 1 is 1.21 bits per heavy atom. The van der Waals surface area contributed by atoms with E-state index < -0.39 is 0 Å². The van der Waals surface area contributed by atoms with Gasteiger partial charge in [-0.15, -0.1) is 0 Å². The summed E-state index contributed by atoms with van der Waals surface area (Å²) in [7, 11) is 0. The summed E-state index contributed by atoms with van der Waals surface area (Å²) < 4.78 is 0. The summed E-state index contributed by atoms with van der Waals surface area (Å²) in [5.74, 6) is 0. The third-order valence-electron chi connectivity index (χ3n) is 2.23. The maximum absolute atomic E-state index is 3.91. The first-order chi connectivity index (χ1) is 6.49. The van der Waals surface area contributed by atoms with Crippen molar-refractivity contribution >= 4 is 0 Å². The Labute approximate surface area is 89.4 Å². The molecular weight excluding hydrogens is 168 g/mol. The molecule has 80 valence electrons. The monoisotopic (exact) mass is 191 g/mol. The normalized spacial score (nSPS) is 11.4. The quantitative estimate of drug-likeness (QED) is 0.430. The van der Waals surface area contributed by atoms with E-state index in [1.165, 1.54) is 16.7 Å². The van der Waals surface area contributed by atoms with Crippen LogP contribution < -0.4 is 0 Å². The van der Waals surface area contributed by atoms with Gasteiger partial charge in [0.25, 0.3) is 0 Å². The Morgan fingerprint density at radius 3 is 2.14 bits per heavy atom. The van der Waals surface area contributed by atoms with E-state index in [9.17, 15) is 0 Å². The lowest BCUT2D eigenvalue weighted by Gasteiger charge is -2.13. The van der Waals surface area contributed by atoms with Gasteiger partial charge in [0.1, 0.15) is 0 Å². The third-order valence-corrected chi connectivity index (χ3v) is 2.23. The van der Waals surface area contributed by atoms with E-state index in [2.05, 4.69) is 46.8 Å². The molecule has 0 aromatic carbocycles. The molecule has 0 aliphatic carbocycles. The molecule has 14 heavy (non-hydrogen) atoms. The summed E-state index contributed by atoms with van der Waals surface area (Å²) in [6.45, 7) is 14.6. The van der Waals surface area contributed by atoms with Crippen LogP contribution in [0.4, 0.5) is 0 Å². The van der Waals surface area contributed by atoms with Crippen molar-refractivity contribution in [3.05, 3.63) is 41.4 Å². The van der Waals surface area contributed by atoms with E-state index >= 15 is 0 Å². The largest absolute Gasteiger partial charge is 0.331 e. The first-order valence-corrected chi connectivity index (χ1v) is 5.27. The van der Waals surface area contributed by atoms with Crippen LogP contribution in [0.2, 0.25) is 0 Å². The van der Waals surface area contributed by atoms with Crippen LogP contribution in [0.25, 0.3) is 0 Å². The van der Waals surface area contributed by atoms with E-state index in [4.69, 9.17) is 0 Å². The molecule has 0 radical (unpaired) electrons. The van der Waals surface area contributed by atoms with Crippen LogP contribution in [0, 0.1) is 6.42 Å². The first kappa shape index (κ1) is 13.2. The third kappa shape index (κ3) is 5.06. The topological polar surface area (TPSA) is 0 Å². The molecule has 0 N–H and O–H groups in total. The maximum Gasteiger partial charge on any atom is -0.0395 e. The summed E-state index contributed by atoms with van der Waals surface area (Å²) in [4.78, 5) is 0. The molecule has 0 aliphatic heterocycles. The zero-order valence-electron chi connectivity index (χ0n) is 10.3. The second-order valence-electron chi connectivity index (χ2n) is 4.10. The number of allylic oxidation sites excluding steroid dienone is 5. The molecule has 0 saturated carbocycles. The van der Waals surface area contributed by atoms with Gasteiger partial charge in [-0.2, -0.15) is 13.3 Å². The van der Waals surface area contributed by atoms with Gasteiger partial charge in [-0.25, -0.2) is 0 Å². The van der Waals surface area contributed by atoms with Crippen LogP contribution in [0.15, 0.2) is 34.9 Å². The van der Waals surface area contributed by atoms with Crippen LogP contribution in [0.1, 0.15) is 47.5 Å². The Hall–Kier alpha value is -0.780. The SMILES string of the molecule is C=C(C)/C=C(/C)C(CC[CH-]C)=C(C)C. The first-order valence-electron chi connectivity index (χ1n) is 5.27. The van der Waals surface area contributed by atoms with Crippen LogP contribution in [0.3, 0.4) is 0 Å². The second-order valence-corrected chi connectivity index (χ2v) is 4.10. The van der Waals surface area contributed by atoms with E-state index in [1.807, 2.05) is 6.92 Å². The fourth-order valence-electron chi connectivity index (χ4n) is 1.59. The van der Waals surface area contributed by atoms with Crippen molar-refractivity contribution in [1.29, 1.82) is 0 Å². The molecule has 0 spiro atoms. The lowest BCUT2D eigenvalue weighted by Crippen LogP contribution is -1.90. The fraction of sp³-hybridized carbons (Fsp3) is 0.500. The van der Waals surface area contributed by atoms with Crippen molar-refractivity contribution in [3.8, 4) is 0 Å². The van der Waals surface area contributed by atoms with Crippen molar-refractivity contribution in [2.45, 2.75) is 47.5 Å². The highest BCUT2D eigenvalue weighted by atomic mass is 14.1. The van der Waals surface area contributed by atoms with Gasteiger partial charge in [-0.1, -0.05) is 30.2 Å². The fourth-order valence-corrected chi connectivity index (χ4v) is 1.59. The zero-order chi connectivity index (χ0) is 11.1. The minimum atomic E-state index is 1.13. The number of hydrogen-bond donors (Lipinski definition) is 0. The predicted octanol–water partition coefficient (Wildman–Crippen LogP) is 4.85. The molecular formula is C14H23-. The van der Waals surface area contributed by atoms with Crippen LogP contribution in [0.5, 0.6) is 0 Å². The van der Waals surface area contributed by atoms with E-state index in [0.29, 0.717) is 0 Å². The maximum atomic E-state index is 3.91. The summed E-state index contributed by atoms with van der Waals surface area (Å²) in [5.41, 5.74) is 5.38. The van der Waals surface area contributed by atoms with Gasteiger partial charge in [0.2, 0.25) is 0 Å². The van der Waals surface area contributed by atoms with Gasteiger partial charge in [-0.3, -0.25) is 0 Å². The van der Waals surface area contributed by atoms with Crippen molar-refractivity contribution in [1.82, 2.24) is 0 Å². The number of unbranched alkanes of at least 4 members (excludes halogenated alkanes) is 1. The molecule has 0 heteroatoms. The van der Waals surface area contributed by atoms with Gasteiger partial charge in [0.15, 0.2) is 0 Å². The van der Waals surface area contributed by atoms with Crippen LogP contribution in [-0.2, 0) is 0 Å². The summed E-state index contributed by atoms with van der Waals surface area (Å²) in [5, 5.41) is 0. The molecule has 0 unspecified atom stereocenters. The molecule has 0 aromatic heterocycles. The minimum absolute atomic E-state index is 1.13. The van der Waals surface area contributed by atoms with E-state index in [-0.39, 0.29) is 0 Å². The number of hydrogen-bond acceptors (Lipinski definition) is 0. The number of rotatable bonds is 5. The Kier molecular flexibility index (Phi) is 6.27. The summed E-state index contributed by atoms with van der Waals surface area (Å²) in [6, 6.07) is 0. The summed E-state index contributed by atoms with van der Waals surface area (Å²) >= 11 is 0. The average Bonchev–Trinajstić information content (AvgIpc) is 2.02. The summed E-state index contributed by atoms with van der Waals surface area (Å²) in [6.07, 6.45) is 6.69. The van der Waals surface area contributed by atoms with Crippen molar-refractivity contribution in [2.24, 2.45) is 0 Å². The highest BCUT2D eigenvalue weighted by Gasteiger charge is 1.99. The zero-order valence-corrected chi connectivity index (χ0v) is 10.3. The van der Waals surface area contributed by atoms with Crippen LogP contribution >= 0.6 is 0 Å². The van der Waals surface area contributed by atoms with E-state index in [0.717, 1.165) is 18.4 Å². The van der Waals surface area contributed by atoms with Gasteiger partial charge < -0.3 is 6.42 Å². The lowest BCUT2D eigenvalue weighted by atomic mass is 9.96. The van der Waals surface area contributed by atoms with Crippen LogP contribution in [-0.4, -0.2) is 0 Å². The standard InChI is InChI=1S/C14H23/c1-7-8-9-14(12(4)5)13(6)10-11(2)3/h7,10H,2,8-9H2,1,3-6H3/q-1/b13-10-. The molecule has 0 bridgehead atoms. The van der Waals surface area contributed by atoms with Gasteiger partial charge in [-0.05, 0) is 38.8 Å². The molecule has 0 amide bonds. The smallest absolute Gasteiger partial charge is 0.0395 e. The van der Waals surface area contributed by atoms with Crippen molar-refractivity contribution in [3.63, 3.8) is 0 Å². The molecule has 0 aromatic rings. The molecule has 0 heterocycles. The lowest BCUT2D eigenvalue weighted by molar-refractivity contribution is 0.909.